The highest BCUT2D eigenvalue weighted by molar-refractivity contribution is 7.89. The Morgan fingerprint density at radius 2 is 2.17 bits per heavy atom. The van der Waals surface area contributed by atoms with Gasteiger partial charge in [0.15, 0.2) is 4.90 Å². The minimum atomic E-state index is -3.59. The van der Waals surface area contributed by atoms with E-state index >= 15 is 0 Å². The molecule has 24 heavy (non-hydrogen) atoms. The average Bonchev–Trinajstić information content (AvgIpc) is 3.21. The van der Waals surface area contributed by atoms with Crippen molar-refractivity contribution >= 4 is 21.4 Å². The molecule has 1 unspecified atom stereocenters. The summed E-state index contributed by atoms with van der Waals surface area (Å²) in [6, 6.07) is 0. The van der Waals surface area contributed by atoms with Crippen molar-refractivity contribution in [3.63, 3.8) is 0 Å². The molecule has 0 radical (unpaired) electrons. The Bertz CT molecular complexity index is 843. The standard InChI is InChI=1S/C15H20N4O3S2/c1-11-8-16-14(23-11)12-4-2-5-18(10-12)24(20,21)13-9-17-19-6-3-7-22-15(13)19/h8-9,12H,2-7,10H2,1H3. The minimum Gasteiger partial charge on any atom is -0.477 e. The van der Waals surface area contributed by atoms with E-state index in [0.29, 0.717) is 32.1 Å². The molecule has 0 spiro atoms. The van der Waals surface area contributed by atoms with Gasteiger partial charge in [-0.2, -0.15) is 9.40 Å². The lowest BCUT2D eigenvalue weighted by atomic mass is 10.0. The van der Waals surface area contributed by atoms with Crippen LogP contribution in [0.2, 0.25) is 0 Å². The first kappa shape index (κ1) is 16.0. The van der Waals surface area contributed by atoms with Crippen molar-refractivity contribution in [3.8, 4) is 5.88 Å². The number of aromatic nitrogens is 3. The first-order valence-electron chi connectivity index (χ1n) is 8.17. The fourth-order valence-corrected chi connectivity index (χ4v) is 5.77. The lowest BCUT2D eigenvalue weighted by Crippen LogP contribution is -2.39. The second kappa shape index (κ2) is 6.12. The Hall–Kier alpha value is -1.45. The number of aryl methyl sites for hydroxylation is 2. The summed E-state index contributed by atoms with van der Waals surface area (Å²) in [6.45, 7) is 4.27. The predicted octanol–water partition coefficient (Wildman–Crippen LogP) is 2.00. The summed E-state index contributed by atoms with van der Waals surface area (Å²) in [4.78, 5) is 5.79. The van der Waals surface area contributed by atoms with Gasteiger partial charge < -0.3 is 4.74 Å². The average molecular weight is 368 g/mol. The molecule has 2 aliphatic heterocycles. The zero-order chi connectivity index (χ0) is 16.7. The van der Waals surface area contributed by atoms with Crippen molar-refractivity contribution in [2.45, 2.75) is 43.5 Å². The van der Waals surface area contributed by atoms with Crippen molar-refractivity contribution in [2.24, 2.45) is 0 Å². The number of hydrogen-bond donors (Lipinski definition) is 0. The Morgan fingerprint density at radius 1 is 1.29 bits per heavy atom. The molecule has 2 aliphatic rings. The highest BCUT2D eigenvalue weighted by Crippen LogP contribution is 2.35. The van der Waals surface area contributed by atoms with Crippen molar-refractivity contribution in [1.29, 1.82) is 0 Å². The molecule has 0 bridgehead atoms. The van der Waals surface area contributed by atoms with Crippen LogP contribution in [0, 0.1) is 6.92 Å². The van der Waals surface area contributed by atoms with Gasteiger partial charge in [-0.3, -0.25) is 0 Å². The van der Waals surface area contributed by atoms with Gasteiger partial charge in [0.1, 0.15) is 0 Å². The molecule has 9 heteroatoms. The van der Waals surface area contributed by atoms with Crippen LogP contribution in [-0.4, -0.2) is 47.2 Å². The second-order valence-corrected chi connectivity index (χ2v) is 9.42. The number of nitrogens with zero attached hydrogens (tertiary/aromatic N) is 4. The fourth-order valence-electron chi connectivity index (χ4n) is 3.28. The Balaban J connectivity index is 1.61. The lowest BCUT2D eigenvalue weighted by Gasteiger charge is -2.31. The highest BCUT2D eigenvalue weighted by atomic mass is 32.2. The zero-order valence-electron chi connectivity index (χ0n) is 13.5. The SMILES string of the molecule is Cc1cnc(C2CCCN(S(=O)(=O)c3cnn4c3OCCC4)C2)s1. The highest BCUT2D eigenvalue weighted by Gasteiger charge is 2.36. The summed E-state index contributed by atoms with van der Waals surface area (Å²) in [5, 5.41) is 5.20. The van der Waals surface area contributed by atoms with E-state index in [0.717, 1.165) is 29.1 Å². The topological polar surface area (TPSA) is 77.3 Å². The van der Waals surface area contributed by atoms with Gasteiger partial charge in [0.25, 0.3) is 0 Å². The van der Waals surface area contributed by atoms with Gasteiger partial charge >= 0.3 is 0 Å². The Kier molecular flexibility index (Phi) is 4.09. The molecule has 4 rings (SSSR count). The van der Waals surface area contributed by atoms with Crippen LogP contribution in [-0.2, 0) is 16.6 Å². The van der Waals surface area contributed by atoms with Crippen molar-refractivity contribution in [3.05, 3.63) is 22.3 Å². The van der Waals surface area contributed by atoms with Gasteiger partial charge in [0.05, 0.1) is 17.8 Å². The molecule has 0 aliphatic carbocycles. The smallest absolute Gasteiger partial charge is 0.250 e. The van der Waals surface area contributed by atoms with Crippen LogP contribution in [0.3, 0.4) is 0 Å². The van der Waals surface area contributed by atoms with Crippen LogP contribution in [0.5, 0.6) is 5.88 Å². The maximum absolute atomic E-state index is 13.1. The molecule has 1 saturated heterocycles. The van der Waals surface area contributed by atoms with E-state index in [1.165, 1.54) is 6.20 Å². The molecular weight excluding hydrogens is 348 g/mol. The summed E-state index contributed by atoms with van der Waals surface area (Å²) >= 11 is 1.65. The molecule has 1 fully saturated rings. The molecule has 130 valence electrons. The van der Waals surface area contributed by atoms with Gasteiger partial charge in [0, 0.05) is 43.0 Å². The third-order valence-electron chi connectivity index (χ3n) is 4.50. The minimum absolute atomic E-state index is 0.166. The number of hydrogen-bond acceptors (Lipinski definition) is 6. The predicted molar refractivity (Wildman–Crippen MR) is 89.9 cm³/mol. The number of piperidine rings is 1. The molecule has 1 atom stereocenters. The summed E-state index contributed by atoms with van der Waals surface area (Å²) in [7, 11) is -3.59. The van der Waals surface area contributed by atoms with E-state index in [-0.39, 0.29) is 10.8 Å². The van der Waals surface area contributed by atoms with E-state index in [1.54, 1.807) is 20.3 Å². The van der Waals surface area contributed by atoms with E-state index in [2.05, 4.69) is 10.1 Å². The van der Waals surface area contributed by atoms with Crippen molar-refractivity contribution in [2.75, 3.05) is 19.7 Å². The molecule has 0 N–H and O–H groups in total. The first-order valence-corrected chi connectivity index (χ1v) is 10.4. The largest absolute Gasteiger partial charge is 0.477 e. The maximum atomic E-state index is 13.1. The normalized spacial score (nSPS) is 22.1. The third kappa shape index (κ3) is 2.74. The van der Waals surface area contributed by atoms with Crippen LogP contribution in [0.1, 0.15) is 35.1 Å². The summed E-state index contributed by atoms with van der Waals surface area (Å²) in [5.41, 5.74) is 0. The van der Waals surface area contributed by atoms with Gasteiger partial charge in [-0.1, -0.05) is 0 Å². The van der Waals surface area contributed by atoms with Gasteiger partial charge in [-0.15, -0.1) is 11.3 Å². The zero-order valence-corrected chi connectivity index (χ0v) is 15.1. The van der Waals surface area contributed by atoms with E-state index in [1.807, 2.05) is 13.1 Å². The Morgan fingerprint density at radius 3 is 2.96 bits per heavy atom. The molecule has 0 amide bonds. The van der Waals surface area contributed by atoms with E-state index in [9.17, 15) is 8.42 Å². The molecule has 0 saturated carbocycles. The van der Waals surface area contributed by atoms with Crippen LogP contribution in [0.15, 0.2) is 17.3 Å². The molecule has 2 aromatic heterocycles. The summed E-state index contributed by atoms with van der Waals surface area (Å²) < 4.78 is 34.9. The number of fused-ring (bicyclic) bond motifs is 1. The van der Waals surface area contributed by atoms with Crippen LogP contribution in [0.4, 0.5) is 0 Å². The molecular formula is C15H20N4O3S2. The molecule has 0 aromatic carbocycles. The second-order valence-electron chi connectivity index (χ2n) is 6.25. The maximum Gasteiger partial charge on any atom is 0.250 e. The van der Waals surface area contributed by atoms with E-state index < -0.39 is 10.0 Å². The molecule has 7 nitrogen and oxygen atoms in total. The van der Waals surface area contributed by atoms with Crippen LogP contribution in [0.25, 0.3) is 0 Å². The van der Waals surface area contributed by atoms with Crippen LogP contribution < -0.4 is 4.74 Å². The van der Waals surface area contributed by atoms with Gasteiger partial charge in [-0.05, 0) is 19.8 Å². The Labute approximate surface area is 145 Å². The number of ether oxygens (including phenoxy) is 1. The number of sulfonamides is 1. The molecule has 4 heterocycles. The number of thiazole rings is 1. The lowest BCUT2D eigenvalue weighted by molar-refractivity contribution is 0.223. The van der Waals surface area contributed by atoms with Crippen molar-refractivity contribution in [1.82, 2.24) is 19.1 Å². The van der Waals surface area contributed by atoms with Crippen LogP contribution >= 0.6 is 11.3 Å². The van der Waals surface area contributed by atoms with Gasteiger partial charge in [0.2, 0.25) is 15.9 Å². The third-order valence-corrected chi connectivity index (χ3v) is 7.43. The van der Waals surface area contributed by atoms with E-state index in [4.69, 9.17) is 4.74 Å². The summed E-state index contributed by atoms with van der Waals surface area (Å²) in [6.07, 6.45) is 5.94. The first-order chi connectivity index (χ1) is 11.6. The van der Waals surface area contributed by atoms with Gasteiger partial charge in [-0.25, -0.2) is 18.1 Å². The number of rotatable bonds is 3. The van der Waals surface area contributed by atoms with Crippen molar-refractivity contribution < 1.29 is 13.2 Å². The molecule has 2 aromatic rings. The summed E-state index contributed by atoms with van der Waals surface area (Å²) in [5.74, 6) is 0.549. The quantitative estimate of drug-likeness (QED) is 0.828. The monoisotopic (exact) mass is 368 g/mol. The fraction of sp³-hybridized carbons (Fsp3) is 0.600.